The highest BCUT2D eigenvalue weighted by Crippen LogP contribution is 2.26. The average Bonchev–Trinajstić information content (AvgIpc) is 2.59. The minimum atomic E-state index is 0.0488. The summed E-state index contributed by atoms with van der Waals surface area (Å²) < 4.78 is 5.60. The van der Waals surface area contributed by atoms with E-state index in [9.17, 15) is 4.79 Å². The molecule has 0 saturated carbocycles. The largest absolute Gasteiger partial charge is 0.494 e. The first-order valence-corrected chi connectivity index (χ1v) is 7.83. The van der Waals surface area contributed by atoms with Crippen molar-refractivity contribution in [2.45, 2.75) is 20.3 Å². The number of hydrogen-bond acceptors (Lipinski definition) is 3. The van der Waals surface area contributed by atoms with Gasteiger partial charge < -0.3 is 4.74 Å². The fourth-order valence-corrected chi connectivity index (χ4v) is 2.56. The molecule has 2 aromatic carbocycles. The number of hydrogen-bond donors (Lipinski definition) is 0. The molecule has 1 heterocycles. The van der Waals surface area contributed by atoms with Crippen LogP contribution < -0.4 is 4.74 Å². The fourth-order valence-electron chi connectivity index (χ4n) is 2.56. The molecule has 0 bridgehead atoms. The van der Waals surface area contributed by atoms with Crippen LogP contribution in [0.1, 0.15) is 30.6 Å². The molecule has 3 rings (SSSR count). The second-order valence-corrected chi connectivity index (χ2v) is 5.50. The van der Waals surface area contributed by atoms with Gasteiger partial charge >= 0.3 is 0 Å². The summed E-state index contributed by atoms with van der Waals surface area (Å²) in [6.07, 6.45) is 0.982. The van der Waals surface area contributed by atoms with Crippen LogP contribution in [0.3, 0.4) is 0 Å². The van der Waals surface area contributed by atoms with Gasteiger partial charge in [-0.3, -0.25) is 4.79 Å². The summed E-state index contributed by atoms with van der Waals surface area (Å²) in [7, 11) is 0. The lowest BCUT2D eigenvalue weighted by Crippen LogP contribution is -1.98. The van der Waals surface area contributed by atoms with Gasteiger partial charge in [0.25, 0.3) is 0 Å². The van der Waals surface area contributed by atoms with E-state index in [1.807, 2.05) is 54.6 Å². The zero-order chi connectivity index (χ0) is 16.2. The molecule has 0 aliphatic carbocycles. The minimum absolute atomic E-state index is 0.0488. The number of rotatable bonds is 5. The van der Waals surface area contributed by atoms with Crippen LogP contribution >= 0.6 is 0 Å². The Morgan fingerprint density at radius 3 is 2.52 bits per heavy atom. The molecule has 3 aromatic rings. The van der Waals surface area contributed by atoms with Gasteiger partial charge in [-0.05, 0) is 49.7 Å². The van der Waals surface area contributed by atoms with Crippen molar-refractivity contribution < 1.29 is 9.53 Å². The van der Waals surface area contributed by atoms with Gasteiger partial charge in [0.05, 0.1) is 17.8 Å². The fraction of sp³-hybridized carbons (Fsp3) is 0.200. The highest BCUT2D eigenvalue weighted by Gasteiger charge is 2.10. The summed E-state index contributed by atoms with van der Waals surface area (Å²) in [6.45, 7) is 4.38. The van der Waals surface area contributed by atoms with Gasteiger partial charge in [-0.2, -0.15) is 0 Å². The number of aromatic nitrogens is 1. The Hall–Kier alpha value is -2.68. The molecule has 3 nitrogen and oxygen atoms in total. The van der Waals surface area contributed by atoms with Crippen molar-refractivity contribution in [3.05, 3.63) is 60.2 Å². The monoisotopic (exact) mass is 305 g/mol. The van der Waals surface area contributed by atoms with E-state index in [1.54, 1.807) is 6.92 Å². The van der Waals surface area contributed by atoms with Crippen molar-refractivity contribution in [2.75, 3.05) is 6.61 Å². The van der Waals surface area contributed by atoms with Gasteiger partial charge in [-0.15, -0.1) is 0 Å². The van der Waals surface area contributed by atoms with E-state index in [4.69, 9.17) is 4.74 Å². The molecule has 1 aromatic heterocycles. The maximum atomic E-state index is 12.0. The van der Waals surface area contributed by atoms with Crippen molar-refractivity contribution in [3.8, 4) is 17.0 Å². The molecule has 0 spiro atoms. The lowest BCUT2D eigenvalue weighted by molar-refractivity contribution is 0.101. The molecular formula is C20H19NO2. The average molecular weight is 305 g/mol. The molecule has 0 amide bonds. The number of fused-ring (bicyclic) bond motifs is 1. The molecule has 0 aliphatic rings. The number of carbonyl (C=O) groups is 1. The number of nitrogens with zero attached hydrogens (tertiary/aromatic N) is 1. The third-order valence-corrected chi connectivity index (χ3v) is 3.72. The van der Waals surface area contributed by atoms with Crippen LogP contribution in [0, 0.1) is 0 Å². The molecule has 0 radical (unpaired) electrons. The molecule has 116 valence electrons. The number of ether oxygens (including phenoxy) is 1. The number of para-hydroxylation sites is 1. The minimum Gasteiger partial charge on any atom is -0.494 e. The number of benzene rings is 2. The van der Waals surface area contributed by atoms with Crippen LogP contribution in [0.5, 0.6) is 5.75 Å². The zero-order valence-corrected chi connectivity index (χ0v) is 13.4. The van der Waals surface area contributed by atoms with E-state index in [1.165, 1.54) is 0 Å². The van der Waals surface area contributed by atoms with E-state index in [0.29, 0.717) is 12.2 Å². The van der Waals surface area contributed by atoms with Crippen molar-refractivity contribution >= 4 is 16.7 Å². The van der Waals surface area contributed by atoms with Crippen LogP contribution in [0.4, 0.5) is 0 Å². The summed E-state index contributed by atoms with van der Waals surface area (Å²) in [6, 6.07) is 17.4. The Morgan fingerprint density at radius 2 is 1.83 bits per heavy atom. The lowest BCUT2D eigenvalue weighted by atomic mass is 10.0. The van der Waals surface area contributed by atoms with Crippen LogP contribution in [0.2, 0.25) is 0 Å². The first-order valence-electron chi connectivity index (χ1n) is 7.83. The summed E-state index contributed by atoms with van der Waals surface area (Å²) >= 11 is 0. The van der Waals surface area contributed by atoms with Gasteiger partial charge in [0, 0.05) is 16.5 Å². The summed E-state index contributed by atoms with van der Waals surface area (Å²) in [4.78, 5) is 16.7. The number of ketones is 1. The number of Topliss-reactive ketones (excluding diaryl/α,β-unsaturated/α-hetero) is 1. The highest BCUT2D eigenvalue weighted by molar-refractivity contribution is 6.07. The Morgan fingerprint density at radius 1 is 1.09 bits per heavy atom. The Labute approximate surface area is 135 Å². The van der Waals surface area contributed by atoms with Crippen molar-refractivity contribution in [1.82, 2.24) is 4.98 Å². The Kier molecular flexibility index (Phi) is 4.38. The van der Waals surface area contributed by atoms with Gasteiger partial charge in [-0.25, -0.2) is 4.98 Å². The normalized spacial score (nSPS) is 10.7. The Bertz CT molecular complexity index is 838. The molecule has 23 heavy (non-hydrogen) atoms. The van der Waals surface area contributed by atoms with E-state index in [0.717, 1.165) is 34.3 Å². The third kappa shape index (κ3) is 3.24. The van der Waals surface area contributed by atoms with E-state index in [-0.39, 0.29) is 5.78 Å². The maximum Gasteiger partial charge on any atom is 0.160 e. The van der Waals surface area contributed by atoms with Crippen LogP contribution in [0.15, 0.2) is 54.6 Å². The predicted molar refractivity (Wildman–Crippen MR) is 93.0 cm³/mol. The number of carbonyl (C=O) groups excluding carboxylic acids is 1. The molecule has 0 aliphatic heterocycles. The molecular weight excluding hydrogens is 286 g/mol. The van der Waals surface area contributed by atoms with Crippen molar-refractivity contribution in [2.24, 2.45) is 0 Å². The van der Waals surface area contributed by atoms with Gasteiger partial charge in [0.1, 0.15) is 5.75 Å². The number of pyridine rings is 1. The predicted octanol–water partition coefficient (Wildman–Crippen LogP) is 4.89. The summed E-state index contributed by atoms with van der Waals surface area (Å²) in [5.41, 5.74) is 3.32. The van der Waals surface area contributed by atoms with Crippen LogP contribution in [-0.2, 0) is 0 Å². The van der Waals surface area contributed by atoms with E-state index < -0.39 is 0 Å². The van der Waals surface area contributed by atoms with Gasteiger partial charge in [-0.1, -0.05) is 25.1 Å². The molecule has 0 N–H and O–H groups in total. The second-order valence-electron chi connectivity index (χ2n) is 5.50. The quantitative estimate of drug-likeness (QED) is 0.630. The zero-order valence-electron chi connectivity index (χ0n) is 13.4. The smallest absolute Gasteiger partial charge is 0.160 e. The molecule has 3 heteroatoms. The Balaban J connectivity index is 2.04. The first-order chi connectivity index (χ1) is 11.2. The summed E-state index contributed by atoms with van der Waals surface area (Å²) in [5, 5.41) is 0.895. The maximum absolute atomic E-state index is 12.0. The van der Waals surface area contributed by atoms with E-state index in [2.05, 4.69) is 11.9 Å². The van der Waals surface area contributed by atoms with Gasteiger partial charge in [0.2, 0.25) is 0 Å². The molecule has 0 atom stereocenters. The molecule has 0 fully saturated rings. The topological polar surface area (TPSA) is 39.2 Å². The van der Waals surface area contributed by atoms with Crippen molar-refractivity contribution in [3.63, 3.8) is 0 Å². The van der Waals surface area contributed by atoms with Crippen LogP contribution in [0.25, 0.3) is 22.2 Å². The standard InChI is InChI=1S/C20H19NO2/c1-3-12-23-16-10-8-15(9-11-16)20-13-18(14(2)22)17-6-4-5-7-19(17)21-20/h4-11,13H,3,12H2,1-2H3. The summed E-state index contributed by atoms with van der Waals surface area (Å²) in [5.74, 6) is 0.899. The second kappa shape index (κ2) is 6.61. The molecule has 0 unspecified atom stereocenters. The SMILES string of the molecule is CCCOc1ccc(-c2cc(C(C)=O)c3ccccc3n2)cc1. The van der Waals surface area contributed by atoms with Crippen LogP contribution in [-0.4, -0.2) is 17.4 Å². The van der Waals surface area contributed by atoms with E-state index >= 15 is 0 Å². The third-order valence-electron chi connectivity index (χ3n) is 3.72. The lowest BCUT2D eigenvalue weighted by Gasteiger charge is -2.09. The first kappa shape index (κ1) is 15.2. The molecule has 0 saturated heterocycles. The van der Waals surface area contributed by atoms with Crippen molar-refractivity contribution in [1.29, 1.82) is 0 Å². The highest BCUT2D eigenvalue weighted by atomic mass is 16.5. The van der Waals surface area contributed by atoms with Gasteiger partial charge in [0.15, 0.2) is 5.78 Å².